The summed E-state index contributed by atoms with van der Waals surface area (Å²) >= 11 is 1.82. The second kappa shape index (κ2) is 5.09. The van der Waals surface area contributed by atoms with Crippen molar-refractivity contribution >= 4 is 34.3 Å². The Morgan fingerprint density at radius 3 is 3.00 bits per heavy atom. The molecule has 3 aromatic rings. The molecule has 0 amide bonds. The standard InChI is InChI=1S/C13H16N6S/c1-7(5-9-4-3-8(2)20-9)17-12-10-11(16-6-15-10)18-13(14)19-12/h3-4,6-7H,5H2,1-2H3,(H4,14,15,16,17,18,19). The van der Waals surface area contributed by atoms with Crippen molar-refractivity contribution in [3.05, 3.63) is 28.2 Å². The molecule has 0 aliphatic rings. The highest BCUT2D eigenvalue weighted by molar-refractivity contribution is 7.11. The quantitative estimate of drug-likeness (QED) is 0.685. The monoisotopic (exact) mass is 288 g/mol. The SMILES string of the molecule is Cc1ccc(CC(C)Nc2nc(N)nc3nc[nH]c23)s1. The van der Waals surface area contributed by atoms with Gasteiger partial charge in [-0.3, -0.25) is 0 Å². The predicted molar refractivity (Wildman–Crippen MR) is 81.9 cm³/mol. The number of imidazole rings is 1. The lowest BCUT2D eigenvalue weighted by atomic mass is 10.2. The molecular weight excluding hydrogens is 272 g/mol. The molecule has 1 atom stereocenters. The van der Waals surface area contributed by atoms with Gasteiger partial charge in [0.2, 0.25) is 5.95 Å². The molecule has 3 rings (SSSR count). The average molecular weight is 288 g/mol. The molecule has 7 heteroatoms. The number of rotatable bonds is 4. The number of fused-ring (bicyclic) bond motifs is 1. The van der Waals surface area contributed by atoms with Crippen molar-refractivity contribution in [1.29, 1.82) is 0 Å². The maximum absolute atomic E-state index is 5.70. The number of nitrogens with two attached hydrogens (primary N) is 1. The number of thiophene rings is 1. The molecule has 0 radical (unpaired) electrons. The van der Waals surface area contributed by atoms with Crippen LogP contribution in [0, 0.1) is 6.92 Å². The van der Waals surface area contributed by atoms with Crippen LogP contribution in [0.3, 0.4) is 0 Å². The van der Waals surface area contributed by atoms with Crippen LogP contribution >= 0.6 is 11.3 Å². The first-order valence-electron chi connectivity index (χ1n) is 6.40. The van der Waals surface area contributed by atoms with Gasteiger partial charge < -0.3 is 16.0 Å². The molecule has 104 valence electrons. The largest absolute Gasteiger partial charge is 0.368 e. The van der Waals surface area contributed by atoms with E-state index in [2.05, 4.69) is 51.2 Å². The summed E-state index contributed by atoms with van der Waals surface area (Å²) in [5, 5.41) is 3.37. The van der Waals surface area contributed by atoms with Gasteiger partial charge in [0, 0.05) is 22.2 Å². The zero-order valence-corrected chi connectivity index (χ0v) is 12.2. The highest BCUT2D eigenvalue weighted by atomic mass is 32.1. The minimum absolute atomic E-state index is 0.228. The molecule has 3 heterocycles. The van der Waals surface area contributed by atoms with E-state index in [4.69, 9.17) is 5.73 Å². The summed E-state index contributed by atoms with van der Waals surface area (Å²) in [5.74, 6) is 0.928. The van der Waals surface area contributed by atoms with Gasteiger partial charge in [-0.1, -0.05) is 0 Å². The van der Waals surface area contributed by atoms with Crippen molar-refractivity contribution in [2.45, 2.75) is 26.3 Å². The molecule has 20 heavy (non-hydrogen) atoms. The van der Waals surface area contributed by atoms with Gasteiger partial charge in [0.1, 0.15) is 5.52 Å². The van der Waals surface area contributed by atoms with Crippen LogP contribution in [0.15, 0.2) is 18.5 Å². The van der Waals surface area contributed by atoms with Gasteiger partial charge >= 0.3 is 0 Å². The molecule has 0 spiro atoms. The zero-order chi connectivity index (χ0) is 14.1. The number of nitrogens with zero attached hydrogens (tertiary/aromatic N) is 3. The van der Waals surface area contributed by atoms with Crippen LogP contribution in [0.4, 0.5) is 11.8 Å². The summed E-state index contributed by atoms with van der Waals surface area (Å²) in [4.78, 5) is 18.2. The third kappa shape index (κ3) is 2.57. The molecular formula is C13H16N6S. The number of aryl methyl sites for hydroxylation is 1. The van der Waals surface area contributed by atoms with Gasteiger partial charge in [0.25, 0.3) is 0 Å². The van der Waals surface area contributed by atoms with Crippen molar-refractivity contribution in [3.8, 4) is 0 Å². The highest BCUT2D eigenvalue weighted by Crippen LogP contribution is 2.21. The lowest BCUT2D eigenvalue weighted by molar-refractivity contribution is 0.795. The topological polar surface area (TPSA) is 92.5 Å². The third-order valence-electron chi connectivity index (χ3n) is 2.99. The summed E-state index contributed by atoms with van der Waals surface area (Å²) in [5.41, 5.74) is 7.07. The Labute approximate surface area is 120 Å². The average Bonchev–Trinajstić information content (AvgIpc) is 2.98. The van der Waals surface area contributed by atoms with Crippen LogP contribution in [0.1, 0.15) is 16.7 Å². The van der Waals surface area contributed by atoms with E-state index in [1.807, 2.05) is 11.3 Å². The summed E-state index contributed by atoms with van der Waals surface area (Å²) in [6.45, 7) is 4.24. The van der Waals surface area contributed by atoms with Gasteiger partial charge in [-0.2, -0.15) is 9.97 Å². The summed E-state index contributed by atoms with van der Waals surface area (Å²) < 4.78 is 0. The Bertz CT molecular complexity index is 731. The molecule has 0 aliphatic heterocycles. The lowest BCUT2D eigenvalue weighted by Crippen LogP contribution is -2.19. The summed E-state index contributed by atoms with van der Waals surface area (Å²) in [6, 6.07) is 4.55. The van der Waals surface area contributed by atoms with Gasteiger partial charge in [0.05, 0.1) is 6.33 Å². The van der Waals surface area contributed by atoms with Crippen LogP contribution in [0.2, 0.25) is 0 Å². The van der Waals surface area contributed by atoms with E-state index in [1.165, 1.54) is 9.75 Å². The first kappa shape index (κ1) is 12.9. The van der Waals surface area contributed by atoms with Gasteiger partial charge in [-0.15, -0.1) is 11.3 Å². The van der Waals surface area contributed by atoms with Crippen LogP contribution in [-0.2, 0) is 6.42 Å². The second-order valence-electron chi connectivity index (χ2n) is 4.79. The normalized spacial score (nSPS) is 12.7. The van der Waals surface area contributed by atoms with E-state index in [9.17, 15) is 0 Å². The molecule has 0 saturated heterocycles. The number of H-pyrrole nitrogens is 1. The summed E-state index contributed by atoms with van der Waals surface area (Å²) in [6.07, 6.45) is 2.54. The van der Waals surface area contributed by atoms with Crippen LogP contribution in [0.5, 0.6) is 0 Å². The van der Waals surface area contributed by atoms with E-state index in [0.717, 1.165) is 11.9 Å². The van der Waals surface area contributed by atoms with E-state index >= 15 is 0 Å². The Balaban J connectivity index is 1.80. The lowest BCUT2D eigenvalue weighted by Gasteiger charge is -2.14. The maximum Gasteiger partial charge on any atom is 0.224 e. The maximum atomic E-state index is 5.70. The van der Waals surface area contributed by atoms with Gasteiger partial charge in [-0.05, 0) is 26.0 Å². The zero-order valence-electron chi connectivity index (χ0n) is 11.3. The molecule has 0 bridgehead atoms. The second-order valence-corrected chi connectivity index (χ2v) is 6.17. The Morgan fingerprint density at radius 2 is 2.25 bits per heavy atom. The third-order valence-corrected chi connectivity index (χ3v) is 4.01. The van der Waals surface area contributed by atoms with E-state index in [-0.39, 0.29) is 12.0 Å². The van der Waals surface area contributed by atoms with E-state index in [1.54, 1.807) is 6.33 Å². The Kier molecular flexibility index (Phi) is 3.27. The van der Waals surface area contributed by atoms with Crippen molar-refractivity contribution in [1.82, 2.24) is 19.9 Å². The number of hydrogen-bond donors (Lipinski definition) is 3. The molecule has 0 saturated carbocycles. The predicted octanol–water partition coefficient (Wildman–Crippen LogP) is 2.35. The van der Waals surface area contributed by atoms with Crippen molar-refractivity contribution in [2.24, 2.45) is 0 Å². The van der Waals surface area contributed by atoms with Gasteiger partial charge in [-0.25, -0.2) is 4.98 Å². The van der Waals surface area contributed by atoms with Crippen LogP contribution in [0.25, 0.3) is 11.2 Å². The Morgan fingerprint density at radius 1 is 1.40 bits per heavy atom. The fourth-order valence-corrected chi connectivity index (χ4v) is 3.15. The smallest absolute Gasteiger partial charge is 0.224 e. The summed E-state index contributed by atoms with van der Waals surface area (Å²) in [7, 11) is 0. The fourth-order valence-electron chi connectivity index (χ4n) is 2.14. The molecule has 0 aromatic carbocycles. The highest BCUT2D eigenvalue weighted by Gasteiger charge is 2.12. The van der Waals surface area contributed by atoms with Crippen molar-refractivity contribution in [2.75, 3.05) is 11.1 Å². The van der Waals surface area contributed by atoms with E-state index in [0.29, 0.717) is 11.5 Å². The minimum atomic E-state index is 0.228. The molecule has 6 nitrogen and oxygen atoms in total. The van der Waals surface area contributed by atoms with Gasteiger partial charge in [0.15, 0.2) is 11.5 Å². The van der Waals surface area contributed by atoms with Crippen molar-refractivity contribution in [3.63, 3.8) is 0 Å². The molecule has 4 N–H and O–H groups in total. The number of nitrogens with one attached hydrogen (secondary N) is 2. The number of aromatic amines is 1. The first-order valence-corrected chi connectivity index (χ1v) is 7.22. The molecule has 3 aromatic heterocycles. The first-order chi connectivity index (χ1) is 9.61. The van der Waals surface area contributed by atoms with Crippen LogP contribution in [-0.4, -0.2) is 26.0 Å². The Hall–Kier alpha value is -2.15. The number of anilines is 2. The molecule has 0 aliphatic carbocycles. The van der Waals surface area contributed by atoms with E-state index < -0.39 is 0 Å². The molecule has 1 unspecified atom stereocenters. The number of nitrogen functional groups attached to an aromatic ring is 1. The minimum Gasteiger partial charge on any atom is -0.368 e. The fraction of sp³-hybridized carbons (Fsp3) is 0.308. The van der Waals surface area contributed by atoms with Crippen LogP contribution < -0.4 is 11.1 Å². The van der Waals surface area contributed by atoms with Crippen molar-refractivity contribution < 1.29 is 0 Å². The molecule has 0 fully saturated rings. The number of hydrogen-bond acceptors (Lipinski definition) is 6. The number of aromatic nitrogens is 4.